The molecule has 0 bridgehead atoms. The van der Waals surface area contributed by atoms with Crippen LogP contribution >= 0.6 is 23.2 Å². The van der Waals surface area contributed by atoms with Crippen LogP contribution in [0.15, 0.2) is 97.6 Å². The third-order valence-corrected chi connectivity index (χ3v) is 12.8. The molecule has 2 aromatic heterocycles. The average molecular weight is 954 g/mol. The van der Waals surface area contributed by atoms with Gasteiger partial charge in [0.1, 0.15) is 61.6 Å². The first-order valence-corrected chi connectivity index (χ1v) is 22.5. The van der Waals surface area contributed by atoms with E-state index < -0.39 is 23.8 Å². The molecule has 4 heterocycles. The minimum atomic E-state index is -0.819. The van der Waals surface area contributed by atoms with Crippen LogP contribution in [0.3, 0.4) is 0 Å². The molecule has 14 nitrogen and oxygen atoms in total. The molecule has 6 aromatic rings. The Labute approximate surface area is 403 Å². The fourth-order valence-electron chi connectivity index (χ4n) is 8.23. The summed E-state index contributed by atoms with van der Waals surface area (Å²) in [6, 6.07) is 26.8. The van der Waals surface area contributed by atoms with Crippen molar-refractivity contribution in [2.45, 2.75) is 53.4 Å². The number of ether oxygens (including phenoxy) is 4. The number of carboxylic acids is 2. The molecule has 0 radical (unpaired) electrons. The van der Waals surface area contributed by atoms with E-state index in [4.69, 9.17) is 42.1 Å². The van der Waals surface area contributed by atoms with Crippen LogP contribution in [-0.2, 0) is 49.1 Å². The average Bonchev–Trinajstić information content (AvgIpc) is 3.30. The van der Waals surface area contributed by atoms with Crippen LogP contribution in [0.1, 0.15) is 55.6 Å². The van der Waals surface area contributed by atoms with Gasteiger partial charge in [0.2, 0.25) is 0 Å². The third kappa shape index (κ3) is 11.1. The van der Waals surface area contributed by atoms with Gasteiger partial charge in [-0.2, -0.15) is 10.5 Å². The van der Waals surface area contributed by atoms with Crippen molar-refractivity contribution < 1.29 is 38.7 Å². The fraction of sp³-hybridized carbons (Fsp3) is 0.269. The van der Waals surface area contributed by atoms with Crippen molar-refractivity contribution in [2.24, 2.45) is 11.8 Å². The lowest BCUT2D eigenvalue weighted by Crippen LogP contribution is -2.49. The van der Waals surface area contributed by atoms with Crippen LogP contribution in [0.2, 0.25) is 10.0 Å². The summed E-state index contributed by atoms with van der Waals surface area (Å²) in [5.74, 6) is -0.599. The zero-order chi connectivity index (χ0) is 47.9. The number of hydrogen-bond donors (Lipinski definition) is 2. The number of nitriles is 2. The maximum atomic E-state index is 11.5. The Kier molecular flexibility index (Phi) is 14.7. The number of aromatic nitrogens is 2. The van der Waals surface area contributed by atoms with Gasteiger partial charge in [0, 0.05) is 98.4 Å². The van der Waals surface area contributed by atoms with Crippen molar-refractivity contribution in [2.75, 3.05) is 26.2 Å². The second-order valence-corrected chi connectivity index (χ2v) is 17.8. The molecule has 0 atom stereocenters. The quantitative estimate of drug-likeness (QED) is 0.0781. The highest BCUT2D eigenvalue weighted by Crippen LogP contribution is 2.39. The molecule has 0 spiro atoms. The Bertz CT molecular complexity index is 2760. The third-order valence-electron chi connectivity index (χ3n) is 12.2. The van der Waals surface area contributed by atoms with Gasteiger partial charge in [-0.3, -0.25) is 29.4 Å². The Morgan fingerprint density at radius 1 is 0.588 bits per heavy atom. The number of halogens is 2. The summed E-state index contributed by atoms with van der Waals surface area (Å²) in [6.07, 6.45) is 6.24. The second kappa shape index (κ2) is 21.2. The number of carbonyl (C=O) groups is 2. The summed E-state index contributed by atoms with van der Waals surface area (Å²) in [4.78, 5) is 35.3. The first kappa shape index (κ1) is 47.3. The van der Waals surface area contributed by atoms with Gasteiger partial charge in [0.05, 0.1) is 33.0 Å². The van der Waals surface area contributed by atoms with Crippen molar-refractivity contribution in [3.8, 4) is 46.3 Å². The SMILES string of the molecule is Cc1c(COc2cc(OCc3cncc(C#N)c3)c(CN3CC(C(=O)O)C3)cc2Cl)cccc1-c1cccc(COc2cc(OCc3cncc(C#N)c3)c(CN3CC(C(=O)O)C3)cc2Cl)c1C. The highest BCUT2D eigenvalue weighted by atomic mass is 35.5. The molecule has 2 N–H and O–H groups in total. The molecule has 2 aliphatic heterocycles. The zero-order valence-electron chi connectivity index (χ0n) is 37.2. The molecule has 2 fully saturated rings. The molecule has 8 rings (SSSR count). The predicted octanol–water partition coefficient (Wildman–Crippen LogP) is 9.16. The molecule has 68 heavy (non-hydrogen) atoms. The van der Waals surface area contributed by atoms with E-state index >= 15 is 0 Å². The van der Waals surface area contributed by atoms with Gasteiger partial charge >= 0.3 is 11.9 Å². The van der Waals surface area contributed by atoms with Crippen molar-refractivity contribution >= 4 is 35.1 Å². The van der Waals surface area contributed by atoms with E-state index in [0.717, 1.165) is 44.5 Å². The lowest BCUT2D eigenvalue weighted by Gasteiger charge is -2.37. The van der Waals surface area contributed by atoms with E-state index in [1.54, 1.807) is 48.8 Å². The smallest absolute Gasteiger partial charge is 0.309 e. The van der Waals surface area contributed by atoms with E-state index in [1.807, 2.05) is 47.9 Å². The van der Waals surface area contributed by atoms with Gasteiger partial charge in [-0.1, -0.05) is 59.6 Å². The summed E-state index contributed by atoms with van der Waals surface area (Å²) in [5.41, 5.74) is 9.76. The molecule has 0 aliphatic carbocycles. The van der Waals surface area contributed by atoms with Gasteiger partial charge < -0.3 is 29.2 Å². The standard InChI is InChI=1S/C52H46Cl2N6O8/c1-31-37(29-67-49-13-47(65-27-35-9-33(15-55)17-57-19-35)39(11-45(49)53)21-59-23-41(24-59)51(61)62)5-3-7-43(31)44-8-4-6-38(32(44)2)30-68-50-14-48(66-28-36-10-34(16-56)18-58-20-36)40(12-46(50)54)22-60-25-42(26-60)52(63)64/h3-14,17-20,41-42H,21-30H2,1-2H3,(H,61,62)(H,63,64). The lowest BCUT2D eigenvalue weighted by atomic mass is 9.92. The molecule has 0 unspecified atom stereocenters. The number of hydrogen-bond acceptors (Lipinski definition) is 12. The maximum Gasteiger partial charge on any atom is 0.309 e. The Balaban J connectivity index is 0.979. The molecule has 2 aliphatic rings. The fourth-order valence-corrected chi connectivity index (χ4v) is 8.71. The number of carboxylic acid groups (broad SMARTS) is 2. The largest absolute Gasteiger partial charge is 0.488 e. The van der Waals surface area contributed by atoms with Gasteiger partial charge in [0.25, 0.3) is 0 Å². The van der Waals surface area contributed by atoms with Crippen LogP contribution in [0, 0.1) is 48.3 Å². The van der Waals surface area contributed by atoms with Crippen LogP contribution < -0.4 is 18.9 Å². The van der Waals surface area contributed by atoms with E-state index in [-0.39, 0.29) is 26.4 Å². The highest BCUT2D eigenvalue weighted by Gasteiger charge is 2.34. The minimum Gasteiger partial charge on any atom is -0.488 e. The molecule has 16 heteroatoms. The van der Waals surface area contributed by atoms with Gasteiger partial charge in [-0.25, -0.2) is 0 Å². The summed E-state index contributed by atoms with van der Waals surface area (Å²) in [5, 5.41) is 38.3. The monoisotopic (exact) mass is 952 g/mol. The molecule has 2 saturated heterocycles. The van der Waals surface area contributed by atoms with Crippen LogP contribution in [0.5, 0.6) is 23.0 Å². The number of rotatable bonds is 19. The number of pyridine rings is 2. The van der Waals surface area contributed by atoms with Crippen LogP contribution in [0.4, 0.5) is 0 Å². The summed E-state index contributed by atoms with van der Waals surface area (Å²) >= 11 is 13.7. The molecular formula is C52H46Cl2N6O8. The number of likely N-dealkylation sites (tertiary alicyclic amines) is 2. The normalized spacial score (nSPS) is 14.0. The van der Waals surface area contributed by atoms with Crippen LogP contribution in [0.25, 0.3) is 11.1 Å². The summed E-state index contributed by atoms with van der Waals surface area (Å²) in [7, 11) is 0. The first-order chi connectivity index (χ1) is 32.8. The van der Waals surface area contributed by atoms with Crippen molar-refractivity contribution in [3.05, 3.63) is 163 Å². The van der Waals surface area contributed by atoms with Gasteiger partial charge in [0.15, 0.2) is 0 Å². The summed E-state index contributed by atoms with van der Waals surface area (Å²) in [6.45, 7) is 7.34. The molecule has 346 valence electrons. The predicted molar refractivity (Wildman–Crippen MR) is 252 cm³/mol. The summed E-state index contributed by atoms with van der Waals surface area (Å²) < 4.78 is 25.4. The van der Waals surface area contributed by atoms with Crippen molar-refractivity contribution in [1.82, 2.24) is 19.8 Å². The topological polar surface area (TPSA) is 191 Å². The van der Waals surface area contributed by atoms with Gasteiger partial charge in [-0.15, -0.1) is 0 Å². The van der Waals surface area contributed by atoms with E-state index in [1.165, 1.54) is 12.4 Å². The number of benzene rings is 4. The number of aliphatic carboxylic acids is 2. The van der Waals surface area contributed by atoms with Crippen molar-refractivity contribution in [3.63, 3.8) is 0 Å². The lowest BCUT2D eigenvalue weighted by molar-refractivity contribution is -0.148. The number of nitrogens with zero attached hydrogens (tertiary/aromatic N) is 6. The van der Waals surface area contributed by atoms with Crippen molar-refractivity contribution in [1.29, 1.82) is 10.5 Å². The maximum absolute atomic E-state index is 11.5. The molecule has 0 saturated carbocycles. The molecule has 0 amide bonds. The zero-order valence-corrected chi connectivity index (χ0v) is 38.8. The Hall–Kier alpha value is -7.20. The van der Waals surface area contributed by atoms with E-state index in [9.17, 15) is 30.3 Å². The molecular weight excluding hydrogens is 908 g/mol. The second-order valence-electron chi connectivity index (χ2n) is 17.0. The highest BCUT2D eigenvalue weighted by molar-refractivity contribution is 6.32. The van der Waals surface area contributed by atoms with Crippen LogP contribution in [-0.4, -0.2) is 68.1 Å². The molecule has 4 aromatic carbocycles. The first-order valence-electron chi connectivity index (χ1n) is 21.8. The Morgan fingerprint density at radius 3 is 1.37 bits per heavy atom. The minimum absolute atomic E-state index is 0.142. The van der Waals surface area contributed by atoms with Gasteiger partial charge in [-0.05, 0) is 71.5 Å². The Morgan fingerprint density at radius 2 is 0.985 bits per heavy atom. The van der Waals surface area contributed by atoms with E-state index in [0.29, 0.717) is 94.6 Å². The van der Waals surface area contributed by atoms with E-state index in [2.05, 4.69) is 34.2 Å².